The fraction of sp³-hybridized carbons (Fsp3) is 0.292. The van der Waals surface area contributed by atoms with Crippen molar-refractivity contribution in [3.05, 3.63) is 81.9 Å². The summed E-state index contributed by atoms with van der Waals surface area (Å²) in [7, 11) is 0. The van der Waals surface area contributed by atoms with Crippen LogP contribution in [-0.2, 0) is 6.54 Å². The van der Waals surface area contributed by atoms with Gasteiger partial charge in [-0.25, -0.2) is 4.98 Å². The number of nitrogens with zero attached hydrogens (tertiary/aromatic N) is 3. The van der Waals surface area contributed by atoms with Gasteiger partial charge in [-0.3, -0.25) is 9.48 Å². The van der Waals surface area contributed by atoms with Crippen LogP contribution in [0, 0.1) is 13.8 Å². The molecule has 0 bridgehead atoms. The quantitative estimate of drug-likeness (QED) is 0.368. The Labute approximate surface area is 196 Å². The van der Waals surface area contributed by atoms with E-state index in [0.717, 1.165) is 40.3 Å². The van der Waals surface area contributed by atoms with Crippen LogP contribution in [0.1, 0.15) is 45.6 Å². The molecule has 2 heterocycles. The van der Waals surface area contributed by atoms with Gasteiger partial charge in [0.05, 0.1) is 34.9 Å². The molecule has 0 saturated carbocycles. The second kappa shape index (κ2) is 9.79. The predicted octanol–water partition coefficient (Wildman–Crippen LogP) is 5.30. The van der Waals surface area contributed by atoms with Crippen LogP contribution in [0.3, 0.4) is 0 Å². The first-order chi connectivity index (χ1) is 15.5. The van der Waals surface area contributed by atoms with Crippen molar-refractivity contribution >= 4 is 40.3 Å². The number of halogens is 1. The third-order valence-electron chi connectivity index (χ3n) is 5.54. The lowest BCUT2D eigenvalue weighted by Crippen LogP contribution is -2.30. The van der Waals surface area contributed by atoms with Crippen LogP contribution in [0.25, 0.3) is 11.0 Å². The molecule has 0 radical (unpaired) electrons. The van der Waals surface area contributed by atoms with Crippen molar-refractivity contribution in [3.8, 4) is 0 Å². The number of nitrogens with one attached hydrogen (secondary N) is 2. The minimum atomic E-state index is -0.215. The van der Waals surface area contributed by atoms with E-state index in [1.165, 1.54) is 0 Å². The lowest BCUT2D eigenvalue weighted by Gasteiger charge is -2.16. The monoisotopic (exact) mass is 467 g/mol. The Balaban J connectivity index is 1.59. The number of benzene rings is 2. The largest absolute Gasteiger partial charge is 0.342 e. The number of aryl methyl sites for hydroxylation is 1. The standard InChI is InChI=1S/C24H26ClN5OS/c1-15-22(16(2)30(29-15)14-17-8-4-5-9-18(17)25)24(31)28-21(12-13-32-3)23-26-19-10-6-7-11-20(19)27-23/h4-11,21H,12-14H2,1-3H3,(H,26,27)(H,28,31)/t21-/m1/s1. The molecular formula is C24H26ClN5OS. The first-order valence-corrected chi connectivity index (χ1v) is 12.3. The number of para-hydroxylation sites is 2. The van der Waals surface area contributed by atoms with Gasteiger partial charge >= 0.3 is 0 Å². The third-order valence-corrected chi connectivity index (χ3v) is 6.55. The summed E-state index contributed by atoms with van der Waals surface area (Å²) in [6.07, 6.45) is 2.84. The van der Waals surface area contributed by atoms with Crippen molar-refractivity contribution in [1.29, 1.82) is 0 Å². The number of hydrogen-bond donors (Lipinski definition) is 2. The maximum Gasteiger partial charge on any atom is 0.255 e. The molecule has 6 nitrogen and oxygen atoms in total. The molecule has 0 spiro atoms. The summed E-state index contributed by atoms with van der Waals surface area (Å²) < 4.78 is 1.84. The summed E-state index contributed by atoms with van der Waals surface area (Å²) in [5.41, 5.74) is 4.93. The zero-order valence-corrected chi connectivity index (χ0v) is 19.9. The molecule has 2 aromatic heterocycles. The topological polar surface area (TPSA) is 75.6 Å². The number of carbonyl (C=O) groups excluding carboxylic acids is 1. The van der Waals surface area contributed by atoms with E-state index >= 15 is 0 Å². The van der Waals surface area contributed by atoms with Crippen molar-refractivity contribution in [2.75, 3.05) is 12.0 Å². The lowest BCUT2D eigenvalue weighted by atomic mass is 10.1. The van der Waals surface area contributed by atoms with Crippen molar-refractivity contribution in [2.45, 2.75) is 32.9 Å². The van der Waals surface area contributed by atoms with Gasteiger partial charge in [-0.15, -0.1) is 0 Å². The Hall–Kier alpha value is -2.77. The van der Waals surface area contributed by atoms with Gasteiger partial charge in [-0.05, 0) is 56.0 Å². The van der Waals surface area contributed by atoms with Crippen molar-refractivity contribution in [3.63, 3.8) is 0 Å². The van der Waals surface area contributed by atoms with E-state index in [0.29, 0.717) is 22.8 Å². The van der Waals surface area contributed by atoms with Gasteiger partial charge in [0, 0.05) is 10.7 Å². The number of amides is 1. The number of imidazole rings is 1. The first-order valence-electron chi connectivity index (χ1n) is 10.5. The molecule has 0 unspecified atom stereocenters. The Morgan fingerprint density at radius 1 is 1.19 bits per heavy atom. The number of fused-ring (bicyclic) bond motifs is 1. The van der Waals surface area contributed by atoms with Crippen LogP contribution < -0.4 is 5.32 Å². The molecule has 0 aliphatic heterocycles. The molecule has 0 aliphatic carbocycles. The molecule has 4 aromatic rings. The van der Waals surface area contributed by atoms with Gasteiger partial charge < -0.3 is 10.3 Å². The summed E-state index contributed by atoms with van der Waals surface area (Å²) in [6.45, 7) is 4.30. The molecule has 2 N–H and O–H groups in total. The summed E-state index contributed by atoms with van der Waals surface area (Å²) >= 11 is 8.07. The molecule has 4 rings (SSSR count). The number of aromatic amines is 1. The molecule has 32 heavy (non-hydrogen) atoms. The minimum absolute atomic E-state index is 0.142. The second-order valence-corrected chi connectivity index (χ2v) is 9.13. The van der Waals surface area contributed by atoms with E-state index < -0.39 is 0 Å². The van der Waals surface area contributed by atoms with E-state index in [1.54, 1.807) is 11.8 Å². The van der Waals surface area contributed by atoms with Crippen LogP contribution >= 0.6 is 23.4 Å². The Morgan fingerprint density at radius 2 is 1.94 bits per heavy atom. The summed E-state index contributed by atoms with van der Waals surface area (Å²) in [5, 5.41) is 8.49. The van der Waals surface area contributed by atoms with E-state index in [2.05, 4.69) is 21.7 Å². The predicted molar refractivity (Wildman–Crippen MR) is 132 cm³/mol. The molecule has 0 saturated heterocycles. The molecule has 1 amide bonds. The fourth-order valence-corrected chi connectivity index (χ4v) is 4.52. The lowest BCUT2D eigenvalue weighted by molar-refractivity contribution is 0.0933. The fourth-order valence-electron chi connectivity index (χ4n) is 3.85. The second-order valence-electron chi connectivity index (χ2n) is 7.74. The highest BCUT2D eigenvalue weighted by Crippen LogP contribution is 2.23. The first kappa shape index (κ1) is 22.4. The highest BCUT2D eigenvalue weighted by Gasteiger charge is 2.24. The molecule has 8 heteroatoms. The maximum atomic E-state index is 13.3. The van der Waals surface area contributed by atoms with Gasteiger partial charge in [0.15, 0.2) is 0 Å². The average Bonchev–Trinajstić information content (AvgIpc) is 3.33. The average molecular weight is 468 g/mol. The van der Waals surface area contributed by atoms with E-state index in [1.807, 2.05) is 67.1 Å². The number of carbonyl (C=O) groups is 1. The van der Waals surface area contributed by atoms with Gasteiger partial charge in [0.1, 0.15) is 5.82 Å². The van der Waals surface area contributed by atoms with Crippen LogP contribution in [0.15, 0.2) is 48.5 Å². The van der Waals surface area contributed by atoms with Crippen molar-refractivity contribution in [1.82, 2.24) is 25.1 Å². The summed E-state index contributed by atoms with van der Waals surface area (Å²) in [5.74, 6) is 1.54. The zero-order valence-electron chi connectivity index (χ0n) is 18.4. The molecular weight excluding hydrogens is 442 g/mol. The van der Waals surface area contributed by atoms with E-state index in [4.69, 9.17) is 16.6 Å². The number of thioether (sulfide) groups is 1. The number of aromatic nitrogens is 4. The maximum absolute atomic E-state index is 13.3. The SMILES string of the molecule is CSCC[C@@H](NC(=O)c1c(C)nn(Cc2ccccc2Cl)c1C)c1nc2ccccc2[nH]1. The van der Waals surface area contributed by atoms with E-state index in [-0.39, 0.29) is 11.9 Å². The Morgan fingerprint density at radius 3 is 2.69 bits per heavy atom. The number of rotatable bonds is 8. The smallest absolute Gasteiger partial charge is 0.255 e. The van der Waals surface area contributed by atoms with Crippen molar-refractivity contribution < 1.29 is 4.79 Å². The van der Waals surface area contributed by atoms with Crippen LogP contribution in [0.4, 0.5) is 0 Å². The van der Waals surface area contributed by atoms with Crippen LogP contribution in [-0.4, -0.2) is 37.7 Å². The third kappa shape index (κ3) is 4.69. The van der Waals surface area contributed by atoms with Crippen molar-refractivity contribution in [2.24, 2.45) is 0 Å². The number of hydrogen-bond acceptors (Lipinski definition) is 4. The minimum Gasteiger partial charge on any atom is -0.342 e. The van der Waals surface area contributed by atoms with Gasteiger partial charge in [-0.2, -0.15) is 16.9 Å². The Kier molecular flexibility index (Phi) is 6.86. The van der Waals surface area contributed by atoms with Gasteiger partial charge in [-0.1, -0.05) is 41.9 Å². The van der Waals surface area contributed by atoms with Crippen LogP contribution in [0.5, 0.6) is 0 Å². The Bertz CT molecular complexity index is 1220. The number of H-pyrrole nitrogens is 1. The summed E-state index contributed by atoms with van der Waals surface area (Å²) in [6, 6.07) is 15.4. The molecule has 0 aliphatic rings. The molecule has 166 valence electrons. The van der Waals surface area contributed by atoms with Gasteiger partial charge in [0.25, 0.3) is 5.91 Å². The molecule has 0 fully saturated rings. The normalized spacial score (nSPS) is 12.2. The highest BCUT2D eigenvalue weighted by molar-refractivity contribution is 7.98. The van der Waals surface area contributed by atoms with Gasteiger partial charge in [0.2, 0.25) is 0 Å². The summed E-state index contributed by atoms with van der Waals surface area (Å²) in [4.78, 5) is 21.4. The zero-order chi connectivity index (χ0) is 22.7. The van der Waals surface area contributed by atoms with E-state index in [9.17, 15) is 4.79 Å². The highest BCUT2D eigenvalue weighted by atomic mass is 35.5. The van der Waals surface area contributed by atoms with Crippen LogP contribution in [0.2, 0.25) is 5.02 Å². The molecule has 2 aromatic carbocycles. The molecule has 1 atom stereocenters.